The van der Waals surface area contributed by atoms with Crippen LogP contribution in [0.2, 0.25) is 0 Å². The van der Waals surface area contributed by atoms with Crippen LogP contribution in [-0.4, -0.2) is 64.7 Å². The molecule has 9 heteroatoms. The molecular weight excluding hydrogens is 497 g/mol. The summed E-state index contributed by atoms with van der Waals surface area (Å²) in [5, 5.41) is 3.36. The van der Waals surface area contributed by atoms with E-state index in [0.717, 1.165) is 23.8 Å². The van der Waals surface area contributed by atoms with Crippen molar-refractivity contribution < 1.29 is 13.9 Å². The highest BCUT2D eigenvalue weighted by atomic mass is 127. The Kier molecular flexibility index (Phi) is 6.89. The number of nitrogens with zero attached hydrogens (tertiary/aromatic N) is 4. The van der Waals surface area contributed by atoms with Gasteiger partial charge in [-0.05, 0) is 32.9 Å². The number of hydrogen-bond donors (Lipinski definition) is 1. The summed E-state index contributed by atoms with van der Waals surface area (Å²) in [7, 11) is 0. The first kappa shape index (κ1) is 22.4. The summed E-state index contributed by atoms with van der Waals surface area (Å²) in [6, 6.07) is 10.0. The summed E-state index contributed by atoms with van der Waals surface area (Å²) in [6.45, 7) is 8.81. The molecule has 2 aliphatic heterocycles. The average molecular weight is 525 g/mol. The zero-order chi connectivity index (χ0) is 20.4. The Morgan fingerprint density at radius 2 is 2.03 bits per heavy atom. The molecule has 0 aliphatic carbocycles. The summed E-state index contributed by atoms with van der Waals surface area (Å²) in [6.07, 6.45) is 1.41. The van der Waals surface area contributed by atoms with Gasteiger partial charge in [0.05, 0.1) is 24.8 Å². The molecule has 2 aliphatic rings. The van der Waals surface area contributed by atoms with E-state index in [1.54, 1.807) is 11.2 Å². The molecule has 1 amide bonds. The Hall–Kier alpha value is -2.30. The lowest BCUT2D eigenvalue weighted by atomic mass is 10.2. The monoisotopic (exact) mass is 525 g/mol. The van der Waals surface area contributed by atoms with Crippen molar-refractivity contribution in [2.75, 3.05) is 26.2 Å². The fraction of sp³-hybridized carbons (Fsp3) is 0.476. The Morgan fingerprint density at radius 1 is 1.27 bits per heavy atom. The van der Waals surface area contributed by atoms with Crippen LogP contribution in [0.15, 0.2) is 46.0 Å². The molecule has 2 aromatic rings. The van der Waals surface area contributed by atoms with Crippen LogP contribution in [0, 0.1) is 0 Å². The van der Waals surface area contributed by atoms with E-state index in [0.29, 0.717) is 32.1 Å². The maximum Gasteiger partial charge on any atom is 0.410 e. The van der Waals surface area contributed by atoms with Gasteiger partial charge in [0.25, 0.3) is 0 Å². The van der Waals surface area contributed by atoms with E-state index in [1.807, 2.05) is 51.1 Å². The largest absolute Gasteiger partial charge is 0.444 e. The van der Waals surface area contributed by atoms with Crippen LogP contribution < -0.4 is 5.32 Å². The van der Waals surface area contributed by atoms with Crippen LogP contribution in [0.4, 0.5) is 4.79 Å². The Bertz CT molecular complexity index is 894. The fourth-order valence-electron chi connectivity index (χ4n) is 3.49. The molecule has 1 atom stereocenters. The normalized spacial score (nSPS) is 18.4. The van der Waals surface area contributed by atoms with E-state index >= 15 is 0 Å². The van der Waals surface area contributed by atoms with Crippen molar-refractivity contribution >= 4 is 36.0 Å². The highest BCUT2D eigenvalue weighted by Gasteiger charge is 2.36. The van der Waals surface area contributed by atoms with E-state index in [9.17, 15) is 4.79 Å². The van der Waals surface area contributed by atoms with E-state index < -0.39 is 5.60 Å². The number of oxazole rings is 1. The first-order valence-electron chi connectivity index (χ1n) is 9.92. The molecule has 1 aromatic carbocycles. The van der Waals surface area contributed by atoms with Crippen LogP contribution in [0.5, 0.6) is 0 Å². The lowest BCUT2D eigenvalue weighted by molar-refractivity contribution is 0.0137. The molecule has 1 aromatic heterocycles. The highest BCUT2D eigenvalue weighted by Crippen LogP contribution is 2.20. The number of piperazine rings is 1. The van der Waals surface area contributed by atoms with Gasteiger partial charge in [-0.25, -0.2) is 9.78 Å². The Morgan fingerprint density at radius 3 is 2.77 bits per heavy atom. The van der Waals surface area contributed by atoms with E-state index in [-0.39, 0.29) is 36.1 Å². The number of ether oxygens (including phenoxy) is 1. The number of hydrogen-bond acceptors (Lipinski definition) is 7. The predicted octanol–water partition coefficient (Wildman–Crippen LogP) is 3.34. The van der Waals surface area contributed by atoms with Gasteiger partial charge in [0.15, 0.2) is 5.96 Å². The topological polar surface area (TPSA) is 83.2 Å². The van der Waals surface area contributed by atoms with Gasteiger partial charge in [0.1, 0.15) is 11.9 Å². The van der Waals surface area contributed by atoms with Gasteiger partial charge in [-0.2, -0.15) is 0 Å². The minimum absolute atomic E-state index is 0. The summed E-state index contributed by atoms with van der Waals surface area (Å²) >= 11 is 0. The molecule has 4 rings (SSSR count). The fourth-order valence-corrected chi connectivity index (χ4v) is 3.49. The first-order valence-corrected chi connectivity index (χ1v) is 9.92. The Balaban J connectivity index is 0.00000256. The third kappa shape index (κ3) is 5.24. The molecule has 0 bridgehead atoms. The summed E-state index contributed by atoms with van der Waals surface area (Å²) < 4.78 is 11.1. The second-order valence-electron chi connectivity index (χ2n) is 8.30. The van der Waals surface area contributed by atoms with E-state index in [4.69, 9.17) is 9.15 Å². The molecule has 1 unspecified atom stereocenters. The lowest BCUT2D eigenvalue weighted by Gasteiger charge is -2.39. The number of nitrogens with one attached hydrogen (secondary N) is 1. The van der Waals surface area contributed by atoms with Crippen molar-refractivity contribution in [3.63, 3.8) is 0 Å². The van der Waals surface area contributed by atoms with Gasteiger partial charge in [-0.1, -0.05) is 18.2 Å². The van der Waals surface area contributed by atoms with E-state index in [1.165, 1.54) is 0 Å². The van der Waals surface area contributed by atoms with Crippen LogP contribution in [0.1, 0.15) is 26.5 Å². The molecule has 0 spiro atoms. The van der Waals surface area contributed by atoms with Crippen LogP contribution in [0.25, 0.3) is 11.5 Å². The van der Waals surface area contributed by atoms with Gasteiger partial charge < -0.3 is 24.3 Å². The van der Waals surface area contributed by atoms with Crippen molar-refractivity contribution in [1.29, 1.82) is 0 Å². The quantitative estimate of drug-likeness (QED) is 0.620. The number of rotatable bonds is 3. The van der Waals surface area contributed by atoms with Gasteiger partial charge >= 0.3 is 6.09 Å². The number of fused-ring (bicyclic) bond motifs is 1. The van der Waals surface area contributed by atoms with Gasteiger partial charge in [0.2, 0.25) is 5.89 Å². The number of aliphatic imine (C=N–C) groups is 1. The minimum atomic E-state index is -0.483. The average Bonchev–Trinajstić information content (AvgIpc) is 3.32. The molecule has 8 nitrogen and oxygen atoms in total. The minimum Gasteiger partial charge on any atom is -0.444 e. The maximum absolute atomic E-state index is 12.3. The van der Waals surface area contributed by atoms with E-state index in [2.05, 4.69) is 20.2 Å². The van der Waals surface area contributed by atoms with Crippen molar-refractivity contribution in [1.82, 2.24) is 20.1 Å². The molecule has 30 heavy (non-hydrogen) atoms. The van der Waals surface area contributed by atoms with Crippen molar-refractivity contribution in [3.05, 3.63) is 42.3 Å². The van der Waals surface area contributed by atoms with Gasteiger partial charge in [-0.15, -0.1) is 24.0 Å². The summed E-state index contributed by atoms with van der Waals surface area (Å²) in [4.78, 5) is 25.5. The van der Waals surface area contributed by atoms with Crippen LogP contribution in [-0.2, 0) is 11.3 Å². The molecule has 1 fully saturated rings. The number of halogens is 1. The molecule has 1 saturated heterocycles. The van der Waals surface area contributed by atoms with Gasteiger partial charge in [-0.3, -0.25) is 4.99 Å². The standard InChI is InChI=1S/C21H27N5O3.HI/c1-21(2,3)29-20(27)25-9-10-26-17(13-25)12-23-19(26)22-11-16-14-28-18(24-16)15-7-5-4-6-8-15;/h4-8,14,17H,9-13H2,1-3H3,(H,22,23);1H. The second-order valence-corrected chi connectivity index (χ2v) is 8.30. The molecule has 3 heterocycles. The van der Waals surface area contributed by atoms with Gasteiger partial charge in [0, 0.05) is 25.2 Å². The molecule has 0 radical (unpaired) electrons. The predicted molar refractivity (Wildman–Crippen MR) is 125 cm³/mol. The van der Waals surface area contributed by atoms with Crippen LogP contribution >= 0.6 is 24.0 Å². The highest BCUT2D eigenvalue weighted by molar-refractivity contribution is 14.0. The van der Waals surface area contributed by atoms with Crippen molar-refractivity contribution in [2.45, 2.75) is 39.0 Å². The smallest absolute Gasteiger partial charge is 0.410 e. The third-order valence-corrected chi connectivity index (χ3v) is 4.86. The Labute approximate surface area is 193 Å². The zero-order valence-corrected chi connectivity index (χ0v) is 19.8. The zero-order valence-electron chi connectivity index (χ0n) is 17.5. The molecule has 1 N–H and O–H groups in total. The molecule has 162 valence electrons. The van der Waals surface area contributed by atoms with Crippen molar-refractivity contribution in [3.8, 4) is 11.5 Å². The molecule has 0 saturated carbocycles. The first-order chi connectivity index (χ1) is 13.9. The third-order valence-electron chi connectivity index (χ3n) is 4.86. The second kappa shape index (κ2) is 9.23. The number of benzene rings is 1. The molecular formula is C21H28IN5O3. The SMILES string of the molecule is CC(C)(C)OC(=O)N1CCN2C(NCc3coc(-c4ccccc4)n3)=NCC2C1.I. The lowest BCUT2D eigenvalue weighted by Crippen LogP contribution is -2.57. The van der Waals surface area contributed by atoms with Crippen LogP contribution in [0.3, 0.4) is 0 Å². The summed E-state index contributed by atoms with van der Waals surface area (Å²) in [5.41, 5.74) is 1.29. The maximum atomic E-state index is 12.3. The van der Waals surface area contributed by atoms with Crippen molar-refractivity contribution in [2.24, 2.45) is 4.99 Å². The number of amides is 1. The number of carbonyl (C=O) groups excluding carboxylic acids is 1. The summed E-state index contributed by atoms with van der Waals surface area (Å²) in [5.74, 6) is 1.46. The number of aromatic nitrogens is 1. The number of carbonyl (C=O) groups is 1. The number of guanidine groups is 1.